The molecule has 4 heterocycles. The first-order chi connectivity index (χ1) is 18.8. The van der Waals surface area contributed by atoms with Crippen LogP contribution in [0.25, 0.3) is 10.9 Å². The summed E-state index contributed by atoms with van der Waals surface area (Å²) in [5, 5.41) is 1.21. The van der Waals surface area contributed by atoms with Crippen LogP contribution >= 0.6 is 0 Å². The SMILES string of the molecule is COc1ccccc1N1CCN(Cc2cc3c(c4ncccc24)OCN(CCCN2CCOCC2)C3)CC1. The van der Waals surface area contributed by atoms with Crippen molar-refractivity contribution in [3.05, 3.63) is 59.8 Å². The Kier molecular flexibility index (Phi) is 7.92. The molecule has 3 aliphatic heterocycles. The largest absolute Gasteiger partial charge is 0.495 e. The van der Waals surface area contributed by atoms with Crippen LogP contribution < -0.4 is 14.4 Å². The fraction of sp³-hybridized carbons (Fsp3) is 0.500. The molecule has 2 fully saturated rings. The molecule has 2 aromatic carbocycles. The number of morpholine rings is 1. The van der Waals surface area contributed by atoms with Gasteiger partial charge in [-0.2, -0.15) is 0 Å². The van der Waals surface area contributed by atoms with Gasteiger partial charge in [-0.3, -0.25) is 19.7 Å². The van der Waals surface area contributed by atoms with Crippen molar-refractivity contribution in [3.8, 4) is 11.5 Å². The standard InChI is InChI=1S/C30H39N5O3/c1-36-28-8-3-2-7-27(28)35-14-12-33(13-15-35)21-24-20-25-22-34(11-5-10-32-16-18-37-19-17-32)23-38-30(25)29-26(24)6-4-9-31-29/h2-4,6-9,20H,5,10-19,21-23H2,1H3. The molecule has 0 bridgehead atoms. The average molecular weight is 518 g/mol. The van der Waals surface area contributed by atoms with E-state index < -0.39 is 0 Å². The summed E-state index contributed by atoms with van der Waals surface area (Å²) in [6.45, 7) is 12.5. The summed E-state index contributed by atoms with van der Waals surface area (Å²) in [5.41, 5.74) is 4.79. The van der Waals surface area contributed by atoms with Gasteiger partial charge in [0.05, 0.1) is 26.0 Å². The van der Waals surface area contributed by atoms with Crippen LogP contribution in [0.4, 0.5) is 5.69 Å². The molecule has 202 valence electrons. The molecule has 3 aromatic rings. The maximum absolute atomic E-state index is 6.32. The number of fused-ring (bicyclic) bond motifs is 3. The van der Waals surface area contributed by atoms with E-state index in [2.05, 4.69) is 43.9 Å². The third-order valence-electron chi connectivity index (χ3n) is 8.04. The molecule has 1 aromatic heterocycles. The van der Waals surface area contributed by atoms with Crippen LogP contribution in [0.2, 0.25) is 0 Å². The van der Waals surface area contributed by atoms with Crippen LogP contribution in [0.5, 0.6) is 11.5 Å². The van der Waals surface area contributed by atoms with E-state index in [1.54, 1.807) is 7.11 Å². The van der Waals surface area contributed by atoms with Crippen molar-refractivity contribution in [2.45, 2.75) is 19.5 Å². The first-order valence-corrected chi connectivity index (χ1v) is 13.9. The zero-order valence-electron chi connectivity index (χ0n) is 22.5. The number of rotatable bonds is 8. The summed E-state index contributed by atoms with van der Waals surface area (Å²) >= 11 is 0. The number of ether oxygens (including phenoxy) is 3. The number of anilines is 1. The van der Waals surface area contributed by atoms with E-state index in [9.17, 15) is 0 Å². The van der Waals surface area contributed by atoms with Gasteiger partial charge in [0.25, 0.3) is 0 Å². The molecular weight excluding hydrogens is 478 g/mol. The van der Waals surface area contributed by atoms with E-state index in [4.69, 9.17) is 19.2 Å². The summed E-state index contributed by atoms with van der Waals surface area (Å²) in [5.74, 6) is 1.91. The Morgan fingerprint density at radius 2 is 1.71 bits per heavy atom. The van der Waals surface area contributed by atoms with E-state index in [1.807, 2.05) is 24.4 Å². The van der Waals surface area contributed by atoms with E-state index in [1.165, 1.54) is 22.2 Å². The molecule has 0 amide bonds. The second-order valence-corrected chi connectivity index (χ2v) is 10.5. The number of piperazine rings is 1. The molecular formula is C30H39N5O3. The summed E-state index contributed by atoms with van der Waals surface area (Å²) in [7, 11) is 1.75. The van der Waals surface area contributed by atoms with Crippen molar-refractivity contribution in [1.82, 2.24) is 19.7 Å². The maximum atomic E-state index is 6.32. The lowest BCUT2D eigenvalue weighted by Crippen LogP contribution is -2.46. The van der Waals surface area contributed by atoms with Crippen LogP contribution in [0.15, 0.2) is 48.7 Å². The van der Waals surface area contributed by atoms with Gasteiger partial charge in [-0.15, -0.1) is 0 Å². The summed E-state index contributed by atoms with van der Waals surface area (Å²) in [6, 6.07) is 14.9. The zero-order chi connectivity index (χ0) is 25.7. The van der Waals surface area contributed by atoms with Gasteiger partial charge in [-0.1, -0.05) is 18.2 Å². The van der Waals surface area contributed by atoms with Gasteiger partial charge >= 0.3 is 0 Å². The third-order valence-corrected chi connectivity index (χ3v) is 8.04. The zero-order valence-corrected chi connectivity index (χ0v) is 22.5. The molecule has 0 N–H and O–H groups in total. The molecule has 3 aliphatic rings. The molecule has 0 atom stereocenters. The number of benzene rings is 2. The second-order valence-electron chi connectivity index (χ2n) is 10.5. The van der Waals surface area contributed by atoms with Gasteiger partial charge in [0.2, 0.25) is 0 Å². The van der Waals surface area contributed by atoms with Crippen LogP contribution in [0.3, 0.4) is 0 Å². The van der Waals surface area contributed by atoms with Crippen LogP contribution in [0.1, 0.15) is 17.5 Å². The second kappa shape index (κ2) is 11.9. The van der Waals surface area contributed by atoms with E-state index in [0.29, 0.717) is 6.73 Å². The lowest BCUT2D eigenvalue weighted by atomic mass is 10.0. The monoisotopic (exact) mass is 517 g/mol. The number of nitrogens with zero attached hydrogens (tertiary/aromatic N) is 5. The number of hydrogen-bond donors (Lipinski definition) is 0. The molecule has 8 heteroatoms. The van der Waals surface area contributed by atoms with Crippen LogP contribution in [0, 0.1) is 0 Å². The van der Waals surface area contributed by atoms with Gasteiger partial charge in [-0.25, -0.2) is 0 Å². The Bertz CT molecular complexity index is 1220. The van der Waals surface area contributed by atoms with Crippen molar-refractivity contribution in [1.29, 1.82) is 0 Å². The molecule has 6 rings (SSSR count). The summed E-state index contributed by atoms with van der Waals surface area (Å²) in [6.07, 6.45) is 3.03. The Morgan fingerprint density at radius 3 is 2.55 bits per heavy atom. The molecule has 0 spiro atoms. The lowest BCUT2D eigenvalue weighted by Gasteiger charge is -2.37. The van der Waals surface area contributed by atoms with E-state index >= 15 is 0 Å². The third kappa shape index (κ3) is 5.59. The number of methoxy groups -OCH3 is 1. The lowest BCUT2D eigenvalue weighted by molar-refractivity contribution is 0.0331. The topological polar surface area (TPSA) is 53.5 Å². The van der Waals surface area contributed by atoms with Crippen molar-refractivity contribution >= 4 is 16.6 Å². The fourth-order valence-electron chi connectivity index (χ4n) is 5.97. The normalized spacial score (nSPS) is 19.3. The van der Waals surface area contributed by atoms with Gasteiger partial charge in [0.15, 0.2) is 5.75 Å². The van der Waals surface area contributed by atoms with Crippen molar-refractivity contribution < 1.29 is 14.2 Å². The molecule has 0 unspecified atom stereocenters. The Hall–Kier alpha value is -2.91. The van der Waals surface area contributed by atoms with Crippen molar-refractivity contribution in [2.24, 2.45) is 0 Å². The highest BCUT2D eigenvalue weighted by Gasteiger charge is 2.25. The number of aromatic nitrogens is 1. The number of para-hydroxylation sites is 2. The molecule has 0 saturated carbocycles. The molecule has 0 aliphatic carbocycles. The van der Waals surface area contributed by atoms with E-state index in [-0.39, 0.29) is 0 Å². The summed E-state index contributed by atoms with van der Waals surface area (Å²) in [4.78, 5) is 14.7. The highest BCUT2D eigenvalue weighted by molar-refractivity contribution is 5.89. The van der Waals surface area contributed by atoms with Crippen molar-refractivity contribution in [2.75, 3.05) is 84.3 Å². The molecule has 8 nitrogen and oxygen atoms in total. The predicted octanol–water partition coefficient (Wildman–Crippen LogP) is 3.44. The maximum Gasteiger partial charge on any atom is 0.152 e. The van der Waals surface area contributed by atoms with Gasteiger partial charge in [0.1, 0.15) is 18.0 Å². The van der Waals surface area contributed by atoms with Crippen LogP contribution in [-0.2, 0) is 17.8 Å². The van der Waals surface area contributed by atoms with Crippen molar-refractivity contribution in [3.63, 3.8) is 0 Å². The highest BCUT2D eigenvalue weighted by atomic mass is 16.5. The highest BCUT2D eigenvalue weighted by Crippen LogP contribution is 2.35. The predicted molar refractivity (Wildman–Crippen MR) is 150 cm³/mol. The average Bonchev–Trinajstić information content (AvgIpc) is 2.98. The first-order valence-electron chi connectivity index (χ1n) is 13.9. The number of pyridine rings is 1. The van der Waals surface area contributed by atoms with E-state index in [0.717, 1.165) is 102 Å². The minimum Gasteiger partial charge on any atom is -0.495 e. The Morgan fingerprint density at radius 1 is 0.895 bits per heavy atom. The first kappa shape index (κ1) is 25.4. The van der Waals surface area contributed by atoms with Gasteiger partial charge < -0.3 is 19.1 Å². The Labute approximate surface area is 225 Å². The molecule has 2 saturated heterocycles. The Balaban J connectivity index is 1.12. The van der Waals surface area contributed by atoms with Gasteiger partial charge in [-0.05, 0) is 42.8 Å². The minimum absolute atomic E-state index is 0.631. The molecule has 0 radical (unpaired) electrons. The van der Waals surface area contributed by atoms with Gasteiger partial charge in [0, 0.05) is 76.0 Å². The van der Waals surface area contributed by atoms with Crippen LogP contribution in [-0.4, -0.2) is 99.1 Å². The minimum atomic E-state index is 0.631. The fourth-order valence-corrected chi connectivity index (χ4v) is 5.97. The molecule has 38 heavy (non-hydrogen) atoms. The number of hydrogen-bond acceptors (Lipinski definition) is 8. The summed E-state index contributed by atoms with van der Waals surface area (Å²) < 4.78 is 17.4. The smallest absolute Gasteiger partial charge is 0.152 e. The quantitative estimate of drug-likeness (QED) is 0.451.